The fraction of sp³-hybridized carbons (Fsp3) is 0.143. The topological polar surface area (TPSA) is 37.8 Å². The van der Waals surface area contributed by atoms with Gasteiger partial charge in [-0.1, -0.05) is 12.7 Å². The molecule has 1 N–H and O–H groups in total. The van der Waals surface area contributed by atoms with Crippen LogP contribution >= 0.6 is 0 Å². The third-order valence-electron chi connectivity index (χ3n) is 2.60. The second kappa shape index (κ2) is 5.51. The molecule has 0 unspecified atom stereocenters. The number of nitrogens with one attached hydrogen (secondary N) is 1. The van der Waals surface area contributed by atoms with Crippen LogP contribution in [0.4, 0.5) is 29.2 Å². The maximum absolute atomic E-state index is 13.2. The Hall–Kier alpha value is -2.44. The zero-order valence-electron chi connectivity index (χ0n) is 11.0. The first-order chi connectivity index (χ1) is 9.79. The molecule has 7 heteroatoms. The van der Waals surface area contributed by atoms with Crippen molar-refractivity contribution in [2.75, 3.05) is 5.32 Å². The summed E-state index contributed by atoms with van der Waals surface area (Å²) >= 11 is 0. The number of alkyl halides is 3. The number of anilines is 2. The Kier molecular flexibility index (Phi) is 3.93. The van der Waals surface area contributed by atoms with E-state index in [2.05, 4.69) is 21.9 Å². The summed E-state index contributed by atoms with van der Waals surface area (Å²) in [5.74, 6) is -0.769. The van der Waals surface area contributed by atoms with E-state index in [1.807, 2.05) is 0 Å². The predicted octanol–water partition coefficient (Wildman–Crippen LogP) is 4.33. The van der Waals surface area contributed by atoms with Crippen molar-refractivity contribution in [1.29, 1.82) is 0 Å². The van der Waals surface area contributed by atoms with Gasteiger partial charge < -0.3 is 5.32 Å². The SMILES string of the molecule is C=Cc1cnc(Nc2cc(C)cc(F)c2)nc1C(F)(F)F. The molecule has 21 heavy (non-hydrogen) atoms. The fourth-order valence-corrected chi connectivity index (χ4v) is 1.77. The minimum absolute atomic E-state index is 0.219. The van der Waals surface area contributed by atoms with E-state index in [0.717, 1.165) is 18.3 Å². The Morgan fingerprint density at radius 3 is 2.52 bits per heavy atom. The second-order valence-corrected chi connectivity index (χ2v) is 4.34. The van der Waals surface area contributed by atoms with Gasteiger partial charge in [-0.2, -0.15) is 13.2 Å². The Balaban J connectivity index is 2.39. The highest BCUT2D eigenvalue weighted by molar-refractivity contribution is 5.57. The lowest BCUT2D eigenvalue weighted by Gasteiger charge is -2.11. The van der Waals surface area contributed by atoms with Crippen LogP contribution in [0, 0.1) is 12.7 Å². The highest BCUT2D eigenvalue weighted by Gasteiger charge is 2.35. The van der Waals surface area contributed by atoms with Gasteiger partial charge in [0, 0.05) is 17.4 Å². The Labute approximate surface area is 118 Å². The number of hydrogen-bond donors (Lipinski definition) is 1. The second-order valence-electron chi connectivity index (χ2n) is 4.34. The van der Waals surface area contributed by atoms with E-state index in [9.17, 15) is 17.6 Å². The van der Waals surface area contributed by atoms with Crippen LogP contribution in [0.2, 0.25) is 0 Å². The van der Waals surface area contributed by atoms with E-state index in [-0.39, 0.29) is 17.2 Å². The Morgan fingerprint density at radius 2 is 1.95 bits per heavy atom. The first-order valence-electron chi connectivity index (χ1n) is 5.90. The molecule has 0 saturated heterocycles. The van der Waals surface area contributed by atoms with Gasteiger partial charge in [-0.3, -0.25) is 0 Å². The van der Waals surface area contributed by atoms with Crippen molar-refractivity contribution in [2.24, 2.45) is 0 Å². The summed E-state index contributed by atoms with van der Waals surface area (Å²) in [4.78, 5) is 7.19. The van der Waals surface area contributed by atoms with Gasteiger partial charge >= 0.3 is 6.18 Å². The van der Waals surface area contributed by atoms with E-state index >= 15 is 0 Å². The van der Waals surface area contributed by atoms with E-state index < -0.39 is 17.7 Å². The van der Waals surface area contributed by atoms with E-state index in [0.29, 0.717) is 5.56 Å². The lowest BCUT2D eigenvalue weighted by atomic mass is 10.2. The van der Waals surface area contributed by atoms with Crippen LogP contribution in [-0.2, 0) is 6.18 Å². The first kappa shape index (κ1) is 15.0. The molecule has 2 aromatic rings. The number of benzene rings is 1. The number of nitrogens with zero attached hydrogens (tertiary/aromatic N) is 2. The fourth-order valence-electron chi connectivity index (χ4n) is 1.77. The van der Waals surface area contributed by atoms with Crippen molar-refractivity contribution in [2.45, 2.75) is 13.1 Å². The van der Waals surface area contributed by atoms with Gasteiger partial charge in [0.15, 0.2) is 5.69 Å². The minimum atomic E-state index is -4.62. The van der Waals surface area contributed by atoms with Crippen molar-refractivity contribution in [3.05, 3.63) is 53.6 Å². The molecule has 2 rings (SSSR count). The van der Waals surface area contributed by atoms with Crippen LogP contribution in [-0.4, -0.2) is 9.97 Å². The predicted molar refractivity (Wildman–Crippen MR) is 71.5 cm³/mol. The van der Waals surface area contributed by atoms with E-state index in [1.54, 1.807) is 13.0 Å². The Morgan fingerprint density at radius 1 is 1.24 bits per heavy atom. The summed E-state index contributed by atoms with van der Waals surface area (Å²) in [5, 5.41) is 2.55. The van der Waals surface area contributed by atoms with E-state index in [1.165, 1.54) is 6.07 Å². The lowest BCUT2D eigenvalue weighted by Crippen LogP contribution is -2.12. The zero-order valence-corrected chi connectivity index (χ0v) is 11.0. The molecular formula is C14H11F4N3. The molecular weight excluding hydrogens is 286 g/mol. The smallest absolute Gasteiger partial charge is 0.324 e. The molecule has 0 aliphatic carbocycles. The minimum Gasteiger partial charge on any atom is -0.324 e. The molecule has 1 aromatic heterocycles. The van der Waals surface area contributed by atoms with Gasteiger partial charge in [-0.05, 0) is 30.7 Å². The summed E-state index contributed by atoms with van der Waals surface area (Å²) in [6.45, 7) is 4.96. The van der Waals surface area contributed by atoms with Crippen molar-refractivity contribution < 1.29 is 17.6 Å². The average molecular weight is 297 g/mol. The highest BCUT2D eigenvalue weighted by Crippen LogP contribution is 2.31. The monoisotopic (exact) mass is 297 g/mol. The largest absolute Gasteiger partial charge is 0.434 e. The highest BCUT2D eigenvalue weighted by atomic mass is 19.4. The third-order valence-corrected chi connectivity index (χ3v) is 2.60. The Bertz CT molecular complexity index is 660. The molecule has 1 heterocycles. The van der Waals surface area contributed by atoms with Crippen LogP contribution in [0.1, 0.15) is 16.8 Å². The van der Waals surface area contributed by atoms with Gasteiger partial charge in [-0.15, -0.1) is 0 Å². The molecule has 0 aliphatic heterocycles. The van der Waals surface area contributed by atoms with Crippen molar-refractivity contribution >= 4 is 17.7 Å². The van der Waals surface area contributed by atoms with Crippen LogP contribution in [0.3, 0.4) is 0 Å². The summed E-state index contributed by atoms with van der Waals surface area (Å²) < 4.78 is 51.8. The molecule has 0 bridgehead atoms. The summed E-state index contributed by atoms with van der Waals surface area (Å²) in [7, 11) is 0. The van der Waals surface area contributed by atoms with Crippen molar-refractivity contribution in [1.82, 2.24) is 9.97 Å². The van der Waals surface area contributed by atoms with Crippen molar-refractivity contribution in [3.63, 3.8) is 0 Å². The van der Waals surface area contributed by atoms with Gasteiger partial charge in [0.2, 0.25) is 5.95 Å². The standard InChI is InChI=1S/C14H11F4N3/c1-3-9-7-19-13(21-12(9)14(16,17)18)20-11-5-8(2)4-10(15)6-11/h3-7H,1H2,2H3,(H,19,20,21). The molecule has 0 aliphatic rings. The third kappa shape index (κ3) is 3.56. The summed E-state index contributed by atoms with van der Waals surface area (Å²) in [5.41, 5.74) is -0.421. The number of aromatic nitrogens is 2. The number of aryl methyl sites for hydroxylation is 1. The van der Waals surface area contributed by atoms with Crippen LogP contribution in [0.15, 0.2) is 31.0 Å². The molecule has 1 aromatic carbocycles. The first-order valence-corrected chi connectivity index (χ1v) is 5.90. The number of rotatable bonds is 3. The normalized spacial score (nSPS) is 11.3. The van der Waals surface area contributed by atoms with Crippen molar-refractivity contribution in [3.8, 4) is 0 Å². The quantitative estimate of drug-likeness (QED) is 0.857. The molecule has 0 fully saturated rings. The van der Waals surface area contributed by atoms with Gasteiger partial charge in [0.05, 0.1) is 0 Å². The van der Waals surface area contributed by atoms with Gasteiger partial charge in [-0.25, -0.2) is 14.4 Å². The molecule has 0 spiro atoms. The molecule has 110 valence electrons. The zero-order chi connectivity index (χ0) is 15.6. The van der Waals surface area contributed by atoms with Crippen LogP contribution in [0.5, 0.6) is 0 Å². The van der Waals surface area contributed by atoms with Gasteiger partial charge in [0.1, 0.15) is 5.82 Å². The molecule has 3 nitrogen and oxygen atoms in total. The summed E-state index contributed by atoms with van der Waals surface area (Å²) in [6, 6.07) is 4.01. The van der Waals surface area contributed by atoms with Crippen LogP contribution in [0.25, 0.3) is 6.08 Å². The maximum atomic E-state index is 13.2. The number of hydrogen-bond acceptors (Lipinski definition) is 3. The molecule has 0 saturated carbocycles. The van der Waals surface area contributed by atoms with E-state index in [4.69, 9.17) is 0 Å². The van der Waals surface area contributed by atoms with Crippen LogP contribution < -0.4 is 5.32 Å². The lowest BCUT2D eigenvalue weighted by molar-refractivity contribution is -0.141. The molecule has 0 atom stereocenters. The summed E-state index contributed by atoms with van der Waals surface area (Å²) in [6.07, 6.45) is -2.59. The average Bonchev–Trinajstić information content (AvgIpc) is 2.36. The maximum Gasteiger partial charge on any atom is 0.434 e. The number of halogens is 4. The molecule has 0 amide bonds. The van der Waals surface area contributed by atoms with Gasteiger partial charge in [0.25, 0.3) is 0 Å². The molecule has 0 radical (unpaired) electrons.